The van der Waals surface area contributed by atoms with Crippen LogP contribution in [0.4, 0.5) is 11.4 Å². The number of carbonyl (C=O) groups excluding carboxylic acids is 4. The summed E-state index contributed by atoms with van der Waals surface area (Å²) in [5.41, 5.74) is 3.08. The molecule has 2 heterocycles. The molecule has 0 aromatic heterocycles. The number of hydrogen-bond donors (Lipinski definition) is 2. The Kier molecular flexibility index (Phi) is 5.16. The normalized spacial score (nSPS) is 34.2. The third kappa shape index (κ3) is 2.98. The topological polar surface area (TPSA) is 140 Å². The van der Waals surface area contributed by atoms with E-state index in [2.05, 4.69) is 10.3 Å². The minimum atomic E-state index is -0.568. The van der Waals surface area contributed by atoms with Crippen LogP contribution >= 0.6 is 0 Å². The number of nitrogens with zero attached hydrogens (tertiary/aromatic N) is 4. The van der Waals surface area contributed by atoms with Crippen molar-refractivity contribution < 1.29 is 29.6 Å². The molecule has 2 aliphatic heterocycles. The fourth-order valence-electron chi connectivity index (χ4n) is 7.93. The lowest BCUT2D eigenvalue weighted by Crippen LogP contribution is -2.63. The molecule has 10 nitrogen and oxygen atoms in total. The molecule has 2 aromatic rings. The molecule has 2 saturated carbocycles. The van der Waals surface area contributed by atoms with Crippen LogP contribution in [0.25, 0.3) is 0 Å². The molecular formula is C30H26N4O6. The van der Waals surface area contributed by atoms with Gasteiger partial charge in [0.25, 0.3) is 0 Å². The van der Waals surface area contributed by atoms with E-state index >= 15 is 0 Å². The zero-order valence-electron chi connectivity index (χ0n) is 21.7. The molecular weight excluding hydrogens is 512 g/mol. The highest BCUT2D eigenvalue weighted by Gasteiger charge is 2.75. The second kappa shape index (κ2) is 8.45. The number of oxime groups is 2. The van der Waals surface area contributed by atoms with Crippen molar-refractivity contribution in [1.29, 1.82) is 0 Å². The van der Waals surface area contributed by atoms with Gasteiger partial charge in [0.05, 0.1) is 46.5 Å². The second-order valence-corrected chi connectivity index (χ2v) is 11.3. The SMILES string of the molecule is C/C(=N/O)c1ccc(N2C(=O)[C@H]3[C@H](C2=O)[C@@H]2[C@H]4C=C[C@@H]([C@@H]5C(=O)N(c6ccc(/C(C)=N/O)cc6)C(=O)[C@@H]45)[C@@H]32)cc1. The Morgan fingerprint density at radius 2 is 0.900 bits per heavy atom. The predicted octanol–water partition coefficient (Wildman–Crippen LogP) is 3.06. The summed E-state index contributed by atoms with van der Waals surface area (Å²) in [6.07, 6.45) is 3.96. The van der Waals surface area contributed by atoms with Gasteiger partial charge >= 0.3 is 0 Å². The van der Waals surface area contributed by atoms with Gasteiger partial charge in [-0.3, -0.25) is 29.0 Å². The van der Waals surface area contributed by atoms with Crippen molar-refractivity contribution >= 4 is 46.4 Å². The van der Waals surface area contributed by atoms with Gasteiger partial charge in [0.1, 0.15) is 0 Å². The number of allylic oxidation sites excluding steroid dienone is 2. The summed E-state index contributed by atoms with van der Waals surface area (Å²) in [4.78, 5) is 57.3. The summed E-state index contributed by atoms with van der Waals surface area (Å²) >= 11 is 0. The molecule has 4 aliphatic carbocycles. The highest BCUT2D eigenvalue weighted by Crippen LogP contribution is 2.68. The molecule has 4 amide bonds. The lowest BCUT2D eigenvalue weighted by atomic mass is 9.40. The van der Waals surface area contributed by atoms with Crippen LogP contribution in [-0.2, 0) is 19.2 Å². The maximum atomic E-state index is 13.7. The molecule has 2 saturated heterocycles. The van der Waals surface area contributed by atoms with Gasteiger partial charge in [0.15, 0.2) is 0 Å². The van der Waals surface area contributed by atoms with Crippen LogP contribution in [0.2, 0.25) is 0 Å². The van der Waals surface area contributed by atoms with Crippen molar-refractivity contribution in [2.45, 2.75) is 13.8 Å². The molecule has 4 fully saturated rings. The Morgan fingerprint density at radius 3 is 1.23 bits per heavy atom. The summed E-state index contributed by atoms with van der Waals surface area (Å²) in [5.74, 6) is -4.20. The van der Waals surface area contributed by atoms with Gasteiger partial charge in [-0.15, -0.1) is 0 Å². The average molecular weight is 539 g/mol. The van der Waals surface area contributed by atoms with Crippen molar-refractivity contribution in [3.05, 3.63) is 71.8 Å². The minimum absolute atomic E-state index is 0.173. The molecule has 2 aromatic carbocycles. The molecule has 6 aliphatic rings. The molecule has 40 heavy (non-hydrogen) atoms. The number of hydrogen-bond acceptors (Lipinski definition) is 8. The maximum Gasteiger partial charge on any atom is 0.238 e. The van der Waals surface area contributed by atoms with E-state index in [9.17, 15) is 19.2 Å². The van der Waals surface area contributed by atoms with Crippen LogP contribution in [0.3, 0.4) is 0 Å². The van der Waals surface area contributed by atoms with Crippen molar-refractivity contribution in [3.63, 3.8) is 0 Å². The smallest absolute Gasteiger partial charge is 0.238 e. The Hall–Kier alpha value is -4.60. The zero-order chi connectivity index (χ0) is 28.0. The van der Waals surface area contributed by atoms with E-state index in [-0.39, 0.29) is 47.3 Å². The van der Waals surface area contributed by atoms with Crippen molar-refractivity contribution in [1.82, 2.24) is 0 Å². The van der Waals surface area contributed by atoms with Gasteiger partial charge in [-0.05, 0) is 72.9 Å². The first-order valence-corrected chi connectivity index (χ1v) is 13.3. The second-order valence-electron chi connectivity index (χ2n) is 11.3. The van der Waals surface area contributed by atoms with Gasteiger partial charge in [0.2, 0.25) is 23.6 Å². The summed E-state index contributed by atoms with van der Waals surface area (Å²) < 4.78 is 0. The Balaban J connectivity index is 1.18. The number of anilines is 2. The summed E-state index contributed by atoms with van der Waals surface area (Å²) in [6.45, 7) is 3.30. The summed E-state index contributed by atoms with van der Waals surface area (Å²) in [7, 11) is 0. The molecule has 8 atom stereocenters. The monoisotopic (exact) mass is 538 g/mol. The van der Waals surface area contributed by atoms with E-state index in [1.54, 1.807) is 62.4 Å². The first kappa shape index (κ1) is 24.4. The van der Waals surface area contributed by atoms with Gasteiger partial charge in [0, 0.05) is 0 Å². The lowest BCUT2D eigenvalue weighted by Gasteiger charge is -2.60. The summed E-state index contributed by atoms with van der Waals surface area (Å²) in [6, 6.07) is 13.5. The number of amides is 4. The number of imide groups is 2. The van der Waals surface area contributed by atoms with Crippen LogP contribution < -0.4 is 9.80 Å². The lowest BCUT2D eigenvalue weighted by molar-refractivity contribution is -0.166. The number of carbonyl (C=O) groups is 4. The quantitative estimate of drug-likeness (QED) is 0.202. The minimum Gasteiger partial charge on any atom is -0.411 e. The van der Waals surface area contributed by atoms with Gasteiger partial charge in [-0.2, -0.15) is 0 Å². The van der Waals surface area contributed by atoms with Gasteiger partial charge < -0.3 is 10.4 Å². The standard InChI is InChI=1S/C30H26N4O6/c1-13(31-39)15-3-7-17(8-4-15)33-27(35)23-19-11-12-20(24(23)28(33)36)22-21(19)25-26(22)30(38)34(29(25)37)18-9-5-16(6-10-18)14(2)32-40/h3-12,19-26,39-40H,1-2H3/b31-13+,32-14-/t19-,20-,21-,22-,23+,24+,25-,26-/m1/s1. The van der Waals surface area contributed by atoms with Gasteiger partial charge in [-0.25, -0.2) is 0 Å². The van der Waals surface area contributed by atoms with Crippen molar-refractivity contribution in [3.8, 4) is 0 Å². The van der Waals surface area contributed by atoms with Crippen LogP contribution in [-0.4, -0.2) is 45.5 Å². The number of fused-ring (bicyclic) bond motifs is 1. The highest BCUT2D eigenvalue weighted by atomic mass is 16.4. The van der Waals surface area contributed by atoms with Crippen LogP contribution in [0.1, 0.15) is 25.0 Å². The van der Waals surface area contributed by atoms with Crippen LogP contribution in [0.5, 0.6) is 0 Å². The van der Waals surface area contributed by atoms with E-state index in [1.807, 2.05) is 12.2 Å². The van der Waals surface area contributed by atoms with Gasteiger partial charge in [-0.1, -0.05) is 46.7 Å². The predicted molar refractivity (Wildman–Crippen MR) is 143 cm³/mol. The molecule has 0 radical (unpaired) electrons. The number of benzene rings is 2. The molecule has 2 bridgehead atoms. The molecule has 0 unspecified atom stereocenters. The Labute approximate surface area is 229 Å². The zero-order valence-corrected chi connectivity index (χ0v) is 21.7. The van der Waals surface area contributed by atoms with E-state index < -0.39 is 23.7 Å². The van der Waals surface area contributed by atoms with E-state index in [1.165, 1.54) is 9.80 Å². The average Bonchev–Trinajstić information content (AvgIpc) is 3.35. The van der Waals surface area contributed by atoms with Crippen molar-refractivity contribution in [2.24, 2.45) is 57.7 Å². The first-order valence-electron chi connectivity index (χ1n) is 13.3. The fraction of sp³-hybridized carbons (Fsp3) is 0.333. The Bertz CT molecular complexity index is 1520. The van der Waals surface area contributed by atoms with Crippen LogP contribution in [0, 0.1) is 47.3 Å². The van der Waals surface area contributed by atoms with E-state index in [4.69, 9.17) is 10.4 Å². The molecule has 202 valence electrons. The third-order valence-electron chi connectivity index (χ3n) is 9.73. The molecule has 2 N–H and O–H groups in total. The third-order valence-corrected chi connectivity index (χ3v) is 9.73. The highest BCUT2D eigenvalue weighted by molar-refractivity contribution is 6.25. The fourth-order valence-corrected chi connectivity index (χ4v) is 7.93. The van der Waals surface area contributed by atoms with E-state index in [0.717, 1.165) is 0 Å². The molecule has 8 rings (SSSR count). The Morgan fingerprint density at radius 1 is 0.575 bits per heavy atom. The van der Waals surface area contributed by atoms with Crippen molar-refractivity contribution in [2.75, 3.05) is 9.80 Å². The largest absolute Gasteiger partial charge is 0.411 e. The molecule has 0 spiro atoms. The van der Waals surface area contributed by atoms with E-state index in [0.29, 0.717) is 33.9 Å². The van der Waals surface area contributed by atoms with Crippen LogP contribution in [0.15, 0.2) is 71.0 Å². The molecule has 10 heteroatoms. The maximum absolute atomic E-state index is 13.7. The summed E-state index contributed by atoms with van der Waals surface area (Å²) in [5, 5.41) is 24.5. The first-order chi connectivity index (χ1) is 19.3. The number of rotatable bonds is 4.